The van der Waals surface area contributed by atoms with E-state index in [2.05, 4.69) is 63.7 Å². The first kappa shape index (κ1) is 9.21. The van der Waals surface area contributed by atoms with Crippen molar-refractivity contribution < 1.29 is 0 Å². The van der Waals surface area contributed by atoms with E-state index in [-0.39, 0.29) is 3.74 Å². The highest BCUT2D eigenvalue weighted by atomic mass is 79.9. The van der Waals surface area contributed by atoms with Crippen molar-refractivity contribution in [1.29, 1.82) is 0 Å². The van der Waals surface area contributed by atoms with Crippen LogP contribution in [0.5, 0.6) is 0 Å². The second kappa shape index (κ2) is 3.40. The third-order valence-electron chi connectivity index (χ3n) is 0.247. The molecule has 0 atom stereocenters. The predicted octanol–water partition coefficient (Wildman–Crippen LogP) is 3.78. The van der Waals surface area contributed by atoms with Gasteiger partial charge in [0, 0.05) is 0 Å². The van der Waals surface area contributed by atoms with Crippen LogP contribution in [0.2, 0.25) is 0 Å². The van der Waals surface area contributed by atoms with E-state index in [0.29, 0.717) is 0 Å². The lowest BCUT2D eigenvalue weighted by Gasteiger charge is -2.11. The summed E-state index contributed by atoms with van der Waals surface area (Å²) in [6.45, 7) is 0. The molecule has 0 aromatic carbocycles. The molecular weight excluding hydrogens is 379 g/mol. The SMILES string of the molecule is ClC(Br)(Br)C(Br)Br. The molecule has 0 aliphatic heterocycles. The van der Waals surface area contributed by atoms with Crippen LogP contribution in [-0.2, 0) is 0 Å². The zero-order chi connectivity index (χ0) is 6.08. The molecule has 0 fully saturated rings. The number of alkyl halides is 5. The van der Waals surface area contributed by atoms with Gasteiger partial charge in [-0.15, -0.1) is 0 Å². The zero-order valence-corrected chi connectivity index (χ0v) is 10.1. The Morgan fingerprint density at radius 3 is 1.43 bits per heavy atom. The Morgan fingerprint density at radius 1 is 1.29 bits per heavy atom. The molecule has 44 valence electrons. The Kier molecular flexibility index (Phi) is 4.47. The van der Waals surface area contributed by atoms with Gasteiger partial charge in [0.2, 0.25) is 0 Å². The Morgan fingerprint density at radius 2 is 1.43 bits per heavy atom. The van der Waals surface area contributed by atoms with Crippen molar-refractivity contribution in [2.24, 2.45) is 0 Å². The quantitative estimate of drug-likeness (QED) is 0.608. The summed E-state index contributed by atoms with van der Waals surface area (Å²) in [5.41, 5.74) is 0. The van der Waals surface area contributed by atoms with Gasteiger partial charge in [0.25, 0.3) is 0 Å². The average molecular weight is 380 g/mol. The van der Waals surface area contributed by atoms with Crippen LogP contribution in [0.1, 0.15) is 0 Å². The van der Waals surface area contributed by atoms with Crippen molar-refractivity contribution >= 4 is 75.3 Å². The second-order valence-electron chi connectivity index (χ2n) is 0.842. The molecule has 0 aliphatic rings. The maximum Gasteiger partial charge on any atom is 0.175 e. The Balaban J connectivity index is 3.54. The van der Waals surface area contributed by atoms with Gasteiger partial charge in [-0.1, -0.05) is 75.3 Å². The van der Waals surface area contributed by atoms with Crippen LogP contribution in [0, 0.1) is 0 Å². The molecule has 7 heavy (non-hydrogen) atoms. The van der Waals surface area contributed by atoms with Crippen LogP contribution in [0.15, 0.2) is 0 Å². The average Bonchev–Trinajstić information content (AvgIpc) is 1.31. The van der Waals surface area contributed by atoms with Crippen LogP contribution in [-0.4, -0.2) is 6.43 Å². The van der Waals surface area contributed by atoms with Crippen LogP contribution >= 0.6 is 75.3 Å². The van der Waals surface area contributed by atoms with Gasteiger partial charge in [-0.3, -0.25) is 0 Å². The van der Waals surface area contributed by atoms with Crippen LogP contribution in [0.25, 0.3) is 0 Å². The van der Waals surface area contributed by atoms with Gasteiger partial charge in [0.05, 0.1) is 0 Å². The summed E-state index contributed by atoms with van der Waals surface area (Å²) in [4.78, 5) is 0. The molecule has 0 aromatic rings. The first-order valence-corrected chi connectivity index (χ1v) is 5.09. The summed E-state index contributed by atoms with van der Waals surface area (Å²) < 4.78 is -0.547. The Hall–Kier alpha value is 2.21. The molecular formula is C2HBr4Cl. The van der Waals surface area contributed by atoms with Crippen molar-refractivity contribution in [2.45, 2.75) is 6.43 Å². The minimum absolute atomic E-state index is 0.0224. The molecule has 0 nitrogen and oxygen atoms in total. The maximum absolute atomic E-state index is 5.61. The van der Waals surface area contributed by atoms with E-state index in [0.717, 1.165) is 0 Å². The van der Waals surface area contributed by atoms with Crippen molar-refractivity contribution in [3.05, 3.63) is 0 Å². The Bertz CT molecular complexity index is 55.2. The van der Waals surface area contributed by atoms with Gasteiger partial charge in [-0.05, 0) is 0 Å². The Labute approximate surface area is 80.9 Å². The fraction of sp³-hybridized carbons (Fsp3) is 1.00. The van der Waals surface area contributed by atoms with E-state index in [4.69, 9.17) is 11.6 Å². The standard InChI is InChI=1S/C2HBr4Cl/c3-1(4)2(5,6)7/h1H. The minimum atomic E-state index is -0.569. The molecule has 0 heterocycles. The number of halogens is 5. The third kappa shape index (κ3) is 4.70. The van der Waals surface area contributed by atoms with Gasteiger partial charge in [-0.2, -0.15) is 0 Å². The fourth-order valence-electron chi connectivity index (χ4n) is 0. The fourth-order valence-corrected chi connectivity index (χ4v) is 0. The van der Waals surface area contributed by atoms with Crippen LogP contribution in [0.3, 0.4) is 0 Å². The minimum Gasteiger partial charge on any atom is -0.0918 e. The predicted molar refractivity (Wildman–Crippen MR) is 48.1 cm³/mol. The molecule has 0 rings (SSSR count). The van der Waals surface area contributed by atoms with E-state index in [9.17, 15) is 0 Å². The van der Waals surface area contributed by atoms with Gasteiger partial charge < -0.3 is 0 Å². The summed E-state index contributed by atoms with van der Waals surface area (Å²) in [5, 5.41) is 0. The van der Waals surface area contributed by atoms with Crippen LogP contribution < -0.4 is 0 Å². The van der Waals surface area contributed by atoms with Crippen molar-refractivity contribution in [3.8, 4) is 0 Å². The van der Waals surface area contributed by atoms with Crippen molar-refractivity contribution in [1.82, 2.24) is 0 Å². The number of hydrogen-bond acceptors (Lipinski definition) is 0. The molecule has 0 saturated heterocycles. The molecule has 0 amide bonds. The molecule has 0 aromatic heterocycles. The molecule has 0 N–H and O–H groups in total. The maximum atomic E-state index is 5.61. The highest BCUT2D eigenvalue weighted by molar-refractivity contribution is 9.30. The van der Waals surface area contributed by atoms with Crippen molar-refractivity contribution in [3.63, 3.8) is 0 Å². The summed E-state index contributed by atoms with van der Waals surface area (Å²) in [7, 11) is 0. The highest BCUT2D eigenvalue weighted by Gasteiger charge is 2.25. The molecule has 5 heteroatoms. The molecule has 0 radical (unpaired) electrons. The first-order valence-electron chi connectivity index (χ1n) is 1.29. The summed E-state index contributed by atoms with van der Waals surface area (Å²) in [6.07, 6.45) is 0. The molecule has 0 unspecified atom stereocenters. The molecule has 0 saturated carbocycles. The van der Waals surface area contributed by atoms with E-state index in [1.165, 1.54) is 0 Å². The largest absolute Gasteiger partial charge is 0.175 e. The second-order valence-corrected chi connectivity index (χ2v) is 8.98. The summed E-state index contributed by atoms with van der Waals surface area (Å²) in [5.74, 6) is 0. The van der Waals surface area contributed by atoms with E-state index in [1.807, 2.05) is 0 Å². The lowest BCUT2D eigenvalue weighted by atomic mass is 11.0. The first-order chi connectivity index (χ1) is 2.94. The molecule has 0 aliphatic carbocycles. The lowest BCUT2D eigenvalue weighted by molar-refractivity contribution is 1.35. The molecule has 0 bridgehead atoms. The van der Waals surface area contributed by atoms with Crippen molar-refractivity contribution in [2.75, 3.05) is 0 Å². The highest BCUT2D eigenvalue weighted by Crippen LogP contribution is 2.41. The summed E-state index contributed by atoms with van der Waals surface area (Å²) >= 11 is 18.2. The number of rotatable bonds is 1. The lowest BCUT2D eigenvalue weighted by Crippen LogP contribution is -2.08. The van der Waals surface area contributed by atoms with Crippen LogP contribution in [0.4, 0.5) is 0 Å². The smallest absolute Gasteiger partial charge is 0.0918 e. The third-order valence-corrected chi connectivity index (χ3v) is 5.74. The van der Waals surface area contributed by atoms with Gasteiger partial charge in [0.1, 0.15) is 3.74 Å². The summed E-state index contributed by atoms with van der Waals surface area (Å²) in [6, 6.07) is 0. The van der Waals surface area contributed by atoms with Gasteiger partial charge in [0.15, 0.2) is 2.69 Å². The van der Waals surface area contributed by atoms with E-state index < -0.39 is 2.69 Å². The zero-order valence-electron chi connectivity index (χ0n) is 2.97. The van der Waals surface area contributed by atoms with E-state index >= 15 is 0 Å². The topological polar surface area (TPSA) is 0 Å². The molecule has 0 spiro atoms. The monoisotopic (exact) mass is 376 g/mol. The van der Waals surface area contributed by atoms with E-state index in [1.54, 1.807) is 0 Å². The van der Waals surface area contributed by atoms with Gasteiger partial charge >= 0.3 is 0 Å². The van der Waals surface area contributed by atoms with Gasteiger partial charge in [-0.25, -0.2) is 0 Å². The number of hydrogen-bond donors (Lipinski definition) is 0. The normalized spacial score (nSPS) is 12.9.